The zero-order chi connectivity index (χ0) is 13.1. The third kappa shape index (κ3) is 2.74. The summed E-state index contributed by atoms with van der Waals surface area (Å²) < 4.78 is 0. The maximum atomic E-state index is 4.49. The van der Waals surface area contributed by atoms with Crippen LogP contribution < -0.4 is 5.32 Å². The van der Waals surface area contributed by atoms with E-state index in [-0.39, 0.29) is 0 Å². The van der Waals surface area contributed by atoms with Crippen LogP contribution >= 0.6 is 11.8 Å². The molecule has 1 N–H and O–H groups in total. The van der Waals surface area contributed by atoms with Gasteiger partial charge in [0, 0.05) is 16.7 Å². The molecule has 0 aliphatic heterocycles. The summed E-state index contributed by atoms with van der Waals surface area (Å²) in [5.41, 5.74) is 1.04. The lowest BCUT2D eigenvalue weighted by atomic mass is 10.2. The first-order valence-electron chi connectivity index (χ1n) is 6.98. The Kier molecular flexibility index (Phi) is 3.99. The van der Waals surface area contributed by atoms with Gasteiger partial charge in [-0.25, -0.2) is 9.97 Å². The summed E-state index contributed by atoms with van der Waals surface area (Å²) in [5.74, 6) is 0. The lowest BCUT2D eigenvalue weighted by Crippen LogP contribution is -2.33. The molecule has 3 nitrogen and oxygen atoms in total. The summed E-state index contributed by atoms with van der Waals surface area (Å²) in [6, 6.07) is 8.89. The second kappa shape index (κ2) is 5.88. The first-order chi connectivity index (χ1) is 9.38. The molecule has 1 aromatic heterocycles. The molecule has 1 aromatic carbocycles. The van der Waals surface area contributed by atoms with Crippen molar-refractivity contribution in [3.05, 3.63) is 30.6 Å². The van der Waals surface area contributed by atoms with Gasteiger partial charge in [0.1, 0.15) is 11.4 Å². The molecule has 0 bridgehead atoms. The van der Waals surface area contributed by atoms with Crippen molar-refractivity contribution in [2.45, 2.75) is 42.5 Å². The van der Waals surface area contributed by atoms with Crippen LogP contribution in [0.15, 0.2) is 35.6 Å². The number of hydrogen-bond donors (Lipinski definition) is 1. The van der Waals surface area contributed by atoms with E-state index < -0.39 is 0 Å². The van der Waals surface area contributed by atoms with Crippen LogP contribution in [0.2, 0.25) is 0 Å². The number of aromatic nitrogens is 2. The third-order valence-corrected chi connectivity index (χ3v) is 5.10. The molecule has 4 heteroatoms. The molecule has 1 aliphatic rings. The zero-order valence-corrected chi connectivity index (χ0v) is 12.0. The Balaban J connectivity index is 1.85. The van der Waals surface area contributed by atoms with Crippen molar-refractivity contribution in [2.24, 2.45) is 0 Å². The van der Waals surface area contributed by atoms with E-state index in [1.54, 1.807) is 6.33 Å². The van der Waals surface area contributed by atoms with Gasteiger partial charge in [-0.15, -0.1) is 11.8 Å². The van der Waals surface area contributed by atoms with E-state index in [9.17, 15) is 0 Å². The number of rotatable bonds is 4. The fourth-order valence-electron chi connectivity index (χ4n) is 2.78. The molecule has 19 heavy (non-hydrogen) atoms. The molecular weight excluding hydrogens is 254 g/mol. The van der Waals surface area contributed by atoms with Crippen molar-refractivity contribution in [1.82, 2.24) is 15.3 Å². The number of thioether (sulfide) groups is 1. The first-order valence-corrected chi connectivity index (χ1v) is 7.86. The van der Waals surface area contributed by atoms with Crippen LogP contribution in [0.4, 0.5) is 0 Å². The summed E-state index contributed by atoms with van der Waals surface area (Å²) in [4.78, 5) is 8.82. The van der Waals surface area contributed by atoms with Crippen molar-refractivity contribution >= 4 is 22.7 Å². The summed E-state index contributed by atoms with van der Waals surface area (Å²) in [5, 5.41) is 6.54. The smallest absolute Gasteiger partial charge is 0.117 e. The molecule has 1 fully saturated rings. The molecule has 0 spiro atoms. The second-order valence-electron chi connectivity index (χ2n) is 4.95. The molecule has 1 heterocycles. The second-order valence-corrected chi connectivity index (χ2v) is 6.18. The minimum Gasteiger partial charge on any atom is -0.313 e. The zero-order valence-electron chi connectivity index (χ0n) is 11.2. The average molecular weight is 273 g/mol. The fraction of sp³-hybridized carbons (Fsp3) is 0.467. The molecule has 0 amide bonds. The highest BCUT2D eigenvalue weighted by molar-refractivity contribution is 8.00. The van der Waals surface area contributed by atoms with Crippen LogP contribution in [-0.2, 0) is 0 Å². The Morgan fingerprint density at radius 2 is 2.16 bits per heavy atom. The third-order valence-electron chi connectivity index (χ3n) is 3.69. The normalized spacial score (nSPS) is 23.0. The Morgan fingerprint density at radius 1 is 1.26 bits per heavy atom. The SMILES string of the molecule is CCNC1CCCC1Sc1ncnc2ccccc12. The first kappa shape index (κ1) is 12.9. The van der Waals surface area contributed by atoms with Crippen molar-refractivity contribution < 1.29 is 0 Å². The Bertz CT molecular complexity index is 553. The highest BCUT2D eigenvalue weighted by Gasteiger charge is 2.28. The summed E-state index contributed by atoms with van der Waals surface area (Å²) >= 11 is 1.92. The molecule has 2 unspecified atom stereocenters. The number of nitrogens with one attached hydrogen (secondary N) is 1. The molecule has 1 aliphatic carbocycles. The molecule has 2 atom stereocenters. The van der Waals surface area contributed by atoms with Gasteiger partial charge in [-0.3, -0.25) is 0 Å². The Hall–Kier alpha value is -1.13. The largest absolute Gasteiger partial charge is 0.313 e. The van der Waals surface area contributed by atoms with E-state index in [1.807, 2.05) is 17.8 Å². The maximum Gasteiger partial charge on any atom is 0.117 e. The quantitative estimate of drug-likeness (QED) is 0.868. The molecule has 3 rings (SSSR count). The van der Waals surface area contributed by atoms with Gasteiger partial charge >= 0.3 is 0 Å². The highest BCUT2D eigenvalue weighted by atomic mass is 32.2. The maximum absolute atomic E-state index is 4.49. The highest BCUT2D eigenvalue weighted by Crippen LogP contribution is 2.36. The molecule has 100 valence electrons. The van der Waals surface area contributed by atoms with E-state index >= 15 is 0 Å². The van der Waals surface area contributed by atoms with Crippen LogP contribution in [0, 0.1) is 0 Å². The van der Waals surface area contributed by atoms with Crippen molar-refractivity contribution in [3.63, 3.8) is 0 Å². The number of benzene rings is 1. The Morgan fingerprint density at radius 3 is 3.05 bits per heavy atom. The molecular formula is C15H19N3S. The van der Waals surface area contributed by atoms with Crippen LogP contribution in [0.1, 0.15) is 26.2 Å². The average Bonchev–Trinajstić information content (AvgIpc) is 2.87. The lowest BCUT2D eigenvalue weighted by molar-refractivity contribution is 0.550. The topological polar surface area (TPSA) is 37.8 Å². The predicted octanol–water partition coefficient (Wildman–Crippen LogP) is 3.25. The molecule has 0 radical (unpaired) electrons. The van der Waals surface area contributed by atoms with Gasteiger partial charge in [-0.2, -0.15) is 0 Å². The van der Waals surface area contributed by atoms with Gasteiger partial charge in [0.25, 0.3) is 0 Å². The monoisotopic (exact) mass is 273 g/mol. The van der Waals surface area contributed by atoms with Crippen molar-refractivity contribution in [1.29, 1.82) is 0 Å². The molecule has 1 saturated carbocycles. The minimum absolute atomic E-state index is 0.628. The molecule has 0 saturated heterocycles. The van der Waals surface area contributed by atoms with E-state index in [2.05, 4.69) is 40.4 Å². The van der Waals surface area contributed by atoms with Gasteiger partial charge in [0.15, 0.2) is 0 Å². The standard InChI is InChI=1S/C15H19N3S/c1-2-16-13-8-5-9-14(13)19-15-11-6-3-4-7-12(11)17-10-18-15/h3-4,6-7,10,13-14,16H,2,5,8-9H2,1H3. The molecule has 2 aromatic rings. The number of hydrogen-bond acceptors (Lipinski definition) is 4. The van der Waals surface area contributed by atoms with Gasteiger partial charge in [0.2, 0.25) is 0 Å². The van der Waals surface area contributed by atoms with E-state index in [0.717, 1.165) is 17.1 Å². The van der Waals surface area contributed by atoms with E-state index in [4.69, 9.17) is 0 Å². The van der Waals surface area contributed by atoms with E-state index in [0.29, 0.717) is 11.3 Å². The van der Waals surface area contributed by atoms with Gasteiger partial charge in [-0.05, 0) is 25.5 Å². The fourth-order valence-corrected chi connectivity index (χ4v) is 4.16. The van der Waals surface area contributed by atoms with Crippen LogP contribution in [-0.4, -0.2) is 27.8 Å². The van der Waals surface area contributed by atoms with Gasteiger partial charge < -0.3 is 5.32 Å². The summed E-state index contributed by atoms with van der Waals surface area (Å²) in [6.45, 7) is 3.23. The lowest BCUT2D eigenvalue weighted by Gasteiger charge is -2.19. The number of para-hydroxylation sites is 1. The van der Waals surface area contributed by atoms with Gasteiger partial charge in [-0.1, -0.05) is 31.5 Å². The number of nitrogens with zero attached hydrogens (tertiary/aromatic N) is 2. The van der Waals surface area contributed by atoms with Crippen molar-refractivity contribution in [3.8, 4) is 0 Å². The van der Waals surface area contributed by atoms with Gasteiger partial charge in [0.05, 0.1) is 5.52 Å². The van der Waals surface area contributed by atoms with Crippen LogP contribution in [0.3, 0.4) is 0 Å². The minimum atomic E-state index is 0.628. The Labute approximate surface area is 118 Å². The van der Waals surface area contributed by atoms with Crippen LogP contribution in [0.25, 0.3) is 10.9 Å². The van der Waals surface area contributed by atoms with E-state index in [1.165, 1.54) is 24.6 Å². The predicted molar refractivity (Wildman–Crippen MR) is 80.5 cm³/mol. The summed E-state index contributed by atoms with van der Waals surface area (Å²) in [7, 11) is 0. The number of fused-ring (bicyclic) bond motifs is 1. The van der Waals surface area contributed by atoms with Crippen molar-refractivity contribution in [2.75, 3.05) is 6.54 Å². The van der Waals surface area contributed by atoms with Crippen LogP contribution in [0.5, 0.6) is 0 Å². The summed E-state index contributed by atoms with van der Waals surface area (Å²) in [6.07, 6.45) is 5.56.